The molecule has 0 aromatic heterocycles. The lowest BCUT2D eigenvalue weighted by Gasteiger charge is -2.30. The Labute approximate surface area is 188 Å². The molecule has 0 atom stereocenters. The molecule has 0 bridgehead atoms. The minimum absolute atomic E-state index is 0.210. The average Bonchev–Trinajstić information content (AvgIpc) is 2.76. The summed E-state index contributed by atoms with van der Waals surface area (Å²) >= 11 is 0. The topological polar surface area (TPSA) is 78.5 Å². The van der Waals surface area contributed by atoms with E-state index in [1.807, 2.05) is 0 Å². The van der Waals surface area contributed by atoms with Gasteiger partial charge in [0.25, 0.3) is 15.9 Å². The molecule has 1 aliphatic rings. The highest BCUT2D eigenvalue weighted by Gasteiger charge is 2.17. The molecule has 2 N–H and O–H groups in total. The molecule has 1 amide bonds. The third-order valence-electron chi connectivity index (χ3n) is 5.66. The van der Waals surface area contributed by atoms with Gasteiger partial charge in [-0.2, -0.15) is 0 Å². The Hall–Kier alpha value is -2.52. The third-order valence-corrected chi connectivity index (χ3v) is 7.04. The Morgan fingerprint density at radius 1 is 1.03 bits per heavy atom. The number of benzene rings is 2. The van der Waals surface area contributed by atoms with Crippen LogP contribution in [-0.4, -0.2) is 45.4 Å². The zero-order valence-corrected chi connectivity index (χ0v) is 18.9. The first kappa shape index (κ1) is 24.1. The van der Waals surface area contributed by atoms with E-state index in [1.165, 1.54) is 37.1 Å². The maximum absolute atomic E-state index is 13.3. The van der Waals surface area contributed by atoms with Crippen molar-refractivity contribution in [1.29, 1.82) is 0 Å². The second-order valence-electron chi connectivity index (χ2n) is 8.25. The molecule has 2 aromatic carbocycles. The fourth-order valence-electron chi connectivity index (χ4n) is 3.60. The summed E-state index contributed by atoms with van der Waals surface area (Å²) < 4.78 is 53.3. The second-order valence-corrected chi connectivity index (χ2v) is 9.93. The molecule has 3 rings (SSSR count). The molecule has 9 heteroatoms. The molecule has 0 unspecified atom stereocenters. The number of anilines is 1. The van der Waals surface area contributed by atoms with E-state index in [2.05, 4.69) is 21.9 Å². The summed E-state index contributed by atoms with van der Waals surface area (Å²) in [5.74, 6) is -1.78. The number of piperidine rings is 1. The number of carbonyl (C=O) groups excluding carboxylic acids is 1. The van der Waals surface area contributed by atoms with Gasteiger partial charge in [-0.05, 0) is 93.7 Å². The fraction of sp³-hybridized carbons (Fsp3) is 0.435. The van der Waals surface area contributed by atoms with Gasteiger partial charge in [0.1, 0.15) is 0 Å². The molecule has 0 spiro atoms. The maximum atomic E-state index is 13.3. The number of nitrogens with one attached hydrogen (secondary N) is 2. The van der Waals surface area contributed by atoms with E-state index in [0.717, 1.165) is 50.5 Å². The summed E-state index contributed by atoms with van der Waals surface area (Å²) in [7, 11) is -4.08. The summed E-state index contributed by atoms with van der Waals surface area (Å²) in [5.41, 5.74) is 0.618. The number of amides is 1. The van der Waals surface area contributed by atoms with Gasteiger partial charge in [0.05, 0.1) is 4.90 Å². The van der Waals surface area contributed by atoms with Crippen molar-refractivity contribution in [3.63, 3.8) is 0 Å². The summed E-state index contributed by atoms with van der Waals surface area (Å²) in [6.07, 6.45) is 4.43. The van der Waals surface area contributed by atoms with Crippen molar-refractivity contribution in [2.45, 2.75) is 37.5 Å². The first-order valence-corrected chi connectivity index (χ1v) is 12.3. The van der Waals surface area contributed by atoms with E-state index >= 15 is 0 Å². The molecule has 1 heterocycles. The van der Waals surface area contributed by atoms with Crippen LogP contribution < -0.4 is 10.0 Å². The van der Waals surface area contributed by atoms with Crippen LogP contribution in [0, 0.1) is 17.6 Å². The van der Waals surface area contributed by atoms with E-state index in [-0.39, 0.29) is 11.6 Å². The van der Waals surface area contributed by atoms with Crippen molar-refractivity contribution in [2.75, 3.05) is 30.9 Å². The Morgan fingerprint density at radius 2 is 1.72 bits per heavy atom. The lowest BCUT2D eigenvalue weighted by molar-refractivity contribution is 0.0952. The SMILES string of the molecule is CC1CCN(CCCCNC(=O)c2ccc(NS(=O)(=O)c3ccc(F)c(F)c3)cc2)CC1. The number of rotatable bonds is 9. The molecular formula is C23H29F2N3O3S. The molecule has 1 saturated heterocycles. The molecule has 2 aromatic rings. The van der Waals surface area contributed by atoms with Gasteiger partial charge in [-0.1, -0.05) is 6.92 Å². The molecule has 174 valence electrons. The van der Waals surface area contributed by atoms with Crippen LogP contribution in [0.1, 0.15) is 43.0 Å². The Kier molecular flexibility index (Phi) is 8.20. The Balaban J connectivity index is 1.44. The quantitative estimate of drug-likeness (QED) is 0.549. The molecule has 1 aliphatic heterocycles. The van der Waals surface area contributed by atoms with Gasteiger partial charge in [-0.15, -0.1) is 0 Å². The molecule has 1 fully saturated rings. The average molecular weight is 466 g/mol. The number of hydrogen-bond acceptors (Lipinski definition) is 4. The zero-order chi connectivity index (χ0) is 23.1. The number of unbranched alkanes of at least 4 members (excludes halogenated alkanes) is 1. The number of nitrogens with zero attached hydrogens (tertiary/aromatic N) is 1. The molecular weight excluding hydrogens is 436 g/mol. The summed E-state index contributed by atoms with van der Waals surface area (Å²) in [6.45, 7) is 6.23. The summed E-state index contributed by atoms with van der Waals surface area (Å²) in [5, 5.41) is 2.88. The van der Waals surface area contributed by atoms with Crippen molar-refractivity contribution >= 4 is 21.6 Å². The minimum atomic E-state index is -4.08. The van der Waals surface area contributed by atoms with E-state index in [9.17, 15) is 22.0 Å². The minimum Gasteiger partial charge on any atom is -0.352 e. The number of halogens is 2. The maximum Gasteiger partial charge on any atom is 0.261 e. The van der Waals surface area contributed by atoms with E-state index in [4.69, 9.17) is 0 Å². The van der Waals surface area contributed by atoms with Crippen LogP contribution in [0.25, 0.3) is 0 Å². The highest BCUT2D eigenvalue weighted by molar-refractivity contribution is 7.92. The summed E-state index contributed by atoms with van der Waals surface area (Å²) in [4.78, 5) is 14.4. The van der Waals surface area contributed by atoms with E-state index in [1.54, 1.807) is 0 Å². The lowest BCUT2D eigenvalue weighted by Crippen LogP contribution is -2.34. The van der Waals surface area contributed by atoms with Crippen molar-refractivity contribution in [2.24, 2.45) is 5.92 Å². The molecule has 0 aliphatic carbocycles. The number of hydrogen-bond donors (Lipinski definition) is 2. The van der Waals surface area contributed by atoms with Gasteiger partial charge in [0, 0.05) is 17.8 Å². The number of sulfonamides is 1. The second kappa shape index (κ2) is 10.9. The van der Waals surface area contributed by atoms with Crippen molar-refractivity contribution in [3.8, 4) is 0 Å². The predicted octanol–water partition coefficient (Wildman–Crippen LogP) is 4.01. The fourth-order valence-corrected chi connectivity index (χ4v) is 4.67. The third kappa shape index (κ3) is 6.74. The van der Waals surface area contributed by atoms with Crippen LogP contribution in [0.4, 0.5) is 14.5 Å². The van der Waals surface area contributed by atoms with Crippen LogP contribution >= 0.6 is 0 Å². The van der Waals surface area contributed by atoms with Crippen molar-refractivity contribution < 1.29 is 22.0 Å². The van der Waals surface area contributed by atoms with E-state index < -0.39 is 26.6 Å². The van der Waals surface area contributed by atoms with Gasteiger partial charge in [0.2, 0.25) is 0 Å². The smallest absolute Gasteiger partial charge is 0.261 e. The highest BCUT2D eigenvalue weighted by Crippen LogP contribution is 2.19. The van der Waals surface area contributed by atoms with Gasteiger partial charge >= 0.3 is 0 Å². The first-order chi connectivity index (χ1) is 15.2. The molecule has 32 heavy (non-hydrogen) atoms. The standard InChI is InChI=1S/C23H29F2N3O3S/c1-17-10-14-28(15-11-17)13-3-2-12-26-23(29)18-4-6-19(7-5-18)27-32(30,31)20-8-9-21(24)22(25)16-20/h4-9,16-17,27H,2-3,10-15H2,1H3,(H,26,29). The Bertz CT molecular complexity index is 1020. The zero-order valence-electron chi connectivity index (χ0n) is 18.1. The normalized spacial score (nSPS) is 15.5. The largest absolute Gasteiger partial charge is 0.352 e. The van der Waals surface area contributed by atoms with Crippen LogP contribution in [-0.2, 0) is 10.0 Å². The van der Waals surface area contributed by atoms with Crippen LogP contribution in [0.5, 0.6) is 0 Å². The predicted molar refractivity (Wildman–Crippen MR) is 120 cm³/mol. The molecule has 6 nitrogen and oxygen atoms in total. The van der Waals surface area contributed by atoms with Crippen molar-refractivity contribution in [1.82, 2.24) is 10.2 Å². The van der Waals surface area contributed by atoms with Crippen LogP contribution in [0.2, 0.25) is 0 Å². The van der Waals surface area contributed by atoms with Crippen LogP contribution in [0.15, 0.2) is 47.4 Å². The van der Waals surface area contributed by atoms with Gasteiger partial charge < -0.3 is 10.2 Å². The van der Waals surface area contributed by atoms with Crippen LogP contribution in [0.3, 0.4) is 0 Å². The summed E-state index contributed by atoms with van der Waals surface area (Å²) in [6, 6.07) is 8.26. The van der Waals surface area contributed by atoms with Gasteiger partial charge in [-0.3, -0.25) is 9.52 Å². The van der Waals surface area contributed by atoms with Crippen molar-refractivity contribution in [3.05, 3.63) is 59.7 Å². The molecule has 0 radical (unpaired) electrons. The monoisotopic (exact) mass is 465 g/mol. The first-order valence-electron chi connectivity index (χ1n) is 10.8. The van der Waals surface area contributed by atoms with Gasteiger partial charge in [-0.25, -0.2) is 17.2 Å². The number of likely N-dealkylation sites (tertiary alicyclic amines) is 1. The Morgan fingerprint density at radius 3 is 2.38 bits per heavy atom. The lowest BCUT2D eigenvalue weighted by atomic mass is 9.99. The highest BCUT2D eigenvalue weighted by atomic mass is 32.2. The number of carbonyl (C=O) groups is 1. The molecule has 0 saturated carbocycles. The van der Waals surface area contributed by atoms with Gasteiger partial charge in [0.15, 0.2) is 11.6 Å². The van der Waals surface area contributed by atoms with E-state index in [0.29, 0.717) is 18.2 Å².